The number of H-pyrrole nitrogens is 1. The van der Waals surface area contributed by atoms with E-state index in [2.05, 4.69) is 10.3 Å². The molecule has 1 atom stereocenters. The molecule has 0 aliphatic rings. The van der Waals surface area contributed by atoms with Crippen molar-refractivity contribution in [1.82, 2.24) is 10.3 Å². The van der Waals surface area contributed by atoms with Crippen molar-refractivity contribution >= 4 is 28.4 Å². The van der Waals surface area contributed by atoms with Gasteiger partial charge >= 0.3 is 6.18 Å². The maximum Gasteiger partial charge on any atom is 0.417 e. The van der Waals surface area contributed by atoms with Crippen LogP contribution >= 0.6 is 11.6 Å². The van der Waals surface area contributed by atoms with Crippen LogP contribution in [-0.2, 0) is 17.5 Å². The van der Waals surface area contributed by atoms with Crippen molar-refractivity contribution in [3.63, 3.8) is 0 Å². The summed E-state index contributed by atoms with van der Waals surface area (Å²) in [5.74, 6) is -0.322. The molecule has 2 N–H and O–H groups in total. The van der Waals surface area contributed by atoms with Crippen LogP contribution < -0.4 is 10.1 Å². The summed E-state index contributed by atoms with van der Waals surface area (Å²) >= 11 is 5.85. The van der Waals surface area contributed by atoms with Crippen molar-refractivity contribution in [1.29, 1.82) is 0 Å². The number of amides is 1. The molecule has 0 saturated heterocycles. The van der Waals surface area contributed by atoms with E-state index in [1.54, 1.807) is 18.3 Å². The zero-order valence-corrected chi connectivity index (χ0v) is 19.0. The Kier molecular flexibility index (Phi) is 6.84. The number of aromatic amines is 1. The van der Waals surface area contributed by atoms with Crippen LogP contribution in [0, 0.1) is 0 Å². The first-order valence-corrected chi connectivity index (χ1v) is 11.0. The molecule has 4 nitrogen and oxygen atoms in total. The van der Waals surface area contributed by atoms with Crippen molar-refractivity contribution in [3.8, 4) is 5.75 Å². The molecule has 3 aromatic carbocycles. The smallest absolute Gasteiger partial charge is 0.417 e. The third-order valence-corrected chi connectivity index (χ3v) is 6.05. The number of carbonyl (C=O) groups excluding carboxylic acids is 1. The molecule has 0 aliphatic heterocycles. The Morgan fingerprint density at radius 1 is 1.09 bits per heavy atom. The van der Waals surface area contributed by atoms with Gasteiger partial charge in [0.05, 0.1) is 17.7 Å². The van der Waals surface area contributed by atoms with Crippen LogP contribution in [0.15, 0.2) is 72.9 Å². The SMILES string of the molecule is COc1ccc2[nH]cc([C@H](CC(=O)NCc3ccccc3)c3ccc(Cl)c(C(F)(F)F)c3)c2c1. The molecule has 1 amide bonds. The summed E-state index contributed by atoms with van der Waals surface area (Å²) in [4.78, 5) is 16.1. The highest BCUT2D eigenvalue weighted by Crippen LogP contribution is 2.40. The molecule has 8 heteroatoms. The quantitative estimate of drug-likeness (QED) is 0.306. The van der Waals surface area contributed by atoms with E-state index in [0.29, 0.717) is 23.4 Å². The van der Waals surface area contributed by atoms with Gasteiger partial charge in [0.1, 0.15) is 5.75 Å². The van der Waals surface area contributed by atoms with E-state index in [1.807, 2.05) is 36.4 Å². The summed E-state index contributed by atoms with van der Waals surface area (Å²) in [6.45, 7) is 0.322. The molecule has 0 unspecified atom stereocenters. The predicted molar refractivity (Wildman–Crippen MR) is 126 cm³/mol. The number of methoxy groups -OCH3 is 1. The zero-order chi connectivity index (χ0) is 24.3. The first-order valence-electron chi connectivity index (χ1n) is 10.6. The number of halogens is 4. The van der Waals surface area contributed by atoms with Crippen LogP contribution in [0.4, 0.5) is 13.2 Å². The Morgan fingerprint density at radius 3 is 2.56 bits per heavy atom. The molecule has 0 aliphatic carbocycles. The van der Waals surface area contributed by atoms with Crippen LogP contribution in [0.1, 0.15) is 34.6 Å². The summed E-state index contributed by atoms with van der Waals surface area (Å²) in [5, 5.41) is 3.25. The number of aromatic nitrogens is 1. The average Bonchev–Trinajstić information content (AvgIpc) is 3.24. The van der Waals surface area contributed by atoms with Crippen LogP contribution in [0.5, 0.6) is 5.75 Å². The third kappa shape index (κ3) is 5.20. The predicted octanol–water partition coefficient (Wildman–Crippen LogP) is 6.69. The molecule has 4 aromatic rings. The Balaban J connectivity index is 1.72. The maximum absolute atomic E-state index is 13.6. The minimum atomic E-state index is -4.61. The van der Waals surface area contributed by atoms with Gasteiger partial charge in [-0.1, -0.05) is 48.0 Å². The number of alkyl halides is 3. The molecule has 1 heterocycles. The Hall–Kier alpha value is -3.45. The van der Waals surface area contributed by atoms with Gasteiger partial charge in [-0.25, -0.2) is 0 Å². The van der Waals surface area contributed by atoms with Crippen LogP contribution in [0.25, 0.3) is 10.9 Å². The monoisotopic (exact) mass is 486 g/mol. The number of ether oxygens (including phenoxy) is 1. The second-order valence-corrected chi connectivity index (χ2v) is 8.32. The van der Waals surface area contributed by atoms with Crippen molar-refractivity contribution < 1.29 is 22.7 Å². The number of carbonyl (C=O) groups is 1. The lowest BCUT2D eigenvalue weighted by Gasteiger charge is -2.19. The van der Waals surface area contributed by atoms with Crippen LogP contribution in [0.3, 0.4) is 0 Å². The molecule has 0 saturated carbocycles. The van der Waals surface area contributed by atoms with Crippen molar-refractivity contribution in [3.05, 3.63) is 100 Å². The van der Waals surface area contributed by atoms with Crippen molar-refractivity contribution in [2.75, 3.05) is 7.11 Å². The first kappa shape index (κ1) is 23.7. The normalized spacial score (nSPS) is 12.5. The number of nitrogens with one attached hydrogen (secondary N) is 2. The van der Waals surface area contributed by atoms with Gasteiger partial charge in [-0.2, -0.15) is 13.2 Å². The average molecular weight is 487 g/mol. The van der Waals surface area contributed by atoms with E-state index in [1.165, 1.54) is 19.2 Å². The highest BCUT2D eigenvalue weighted by Gasteiger charge is 2.34. The number of benzene rings is 3. The molecule has 0 fully saturated rings. The van der Waals surface area contributed by atoms with Crippen molar-refractivity contribution in [2.24, 2.45) is 0 Å². The van der Waals surface area contributed by atoms with Gasteiger partial charge in [0.15, 0.2) is 0 Å². The lowest BCUT2D eigenvalue weighted by atomic mass is 9.87. The minimum Gasteiger partial charge on any atom is -0.497 e. The fraction of sp³-hybridized carbons (Fsp3) is 0.192. The topological polar surface area (TPSA) is 54.1 Å². The summed E-state index contributed by atoms with van der Waals surface area (Å²) in [5.41, 5.74) is 1.82. The zero-order valence-electron chi connectivity index (χ0n) is 18.2. The maximum atomic E-state index is 13.6. The lowest BCUT2D eigenvalue weighted by Crippen LogP contribution is -2.25. The van der Waals surface area contributed by atoms with Gasteiger partial charge in [-0.05, 0) is 47.0 Å². The largest absolute Gasteiger partial charge is 0.497 e. The molecule has 0 radical (unpaired) electrons. The highest BCUT2D eigenvalue weighted by atomic mass is 35.5. The van der Waals surface area contributed by atoms with E-state index in [0.717, 1.165) is 22.5 Å². The Morgan fingerprint density at radius 2 is 1.85 bits per heavy atom. The van der Waals surface area contributed by atoms with Gasteiger partial charge < -0.3 is 15.0 Å². The van der Waals surface area contributed by atoms with Gasteiger partial charge in [-0.3, -0.25) is 4.79 Å². The van der Waals surface area contributed by atoms with E-state index in [9.17, 15) is 18.0 Å². The summed E-state index contributed by atoms with van der Waals surface area (Å²) in [6, 6.07) is 18.6. The van der Waals surface area contributed by atoms with E-state index in [4.69, 9.17) is 16.3 Å². The fourth-order valence-electron chi connectivity index (χ4n) is 3.97. The van der Waals surface area contributed by atoms with E-state index in [-0.39, 0.29) is 17.4 Å². The first-order chi connectivity index (χ1) is 16.3. The minimum absolute atomic E-state index is 0.0457. The van der Waals surface area contributed by atoms with E-state index >= 15 is 0 Å². The summed E-state index contributed by atoms with van der Waals surface area (Å²) < 4.78 is 46.0. The van der Waals surface area contributed by atoms with Gasteiger partial charge in [-0.15, -0.1) is 0 Å². The highest BCUT2D eigenvalue weighted by molar-refractivity contribution is 6.31. The molecule has 34 heavy (non-hydrogen) atoms. The van der Waals surface area contributed by atoms with Gasteiger partial charge in [0, 0.05) is 36.0 Å². The lowest BCUT2D eigenvalue weighted by molar-refractivity contribution is -0.137. The number of hydrogen-bond donors (Lipinski definition) is 2. The Bertz CT molecular complexity index is 1300. The molecule has 4 rings (SSSR count). The molecule has 0 bridgehead atoms. The van der Waals surface area contributed by atoms with Gasteiger partial charge in [0.2, 0.25) is 5.91 Å². The second kappa shape index (κ2) is 9.81. The number of rotatable bonds is 7. The summed E-state index contributed by atoms with van der Waals surface area (Å²) in [6.07, 6.45) is -2.94. The molecule has 0 spiro atoms. The molecular formula is C26H22ClF3N2O2. The third-order valence-electron chi connectivity index (χ3n) is 5.72. The molecule has 176 valence electrons. The Labute approximate surface area is 199 Å². The number of hydrogen-bond acceptors (Lipinski definition) is 2. The van der Waals surface area contributed by atoms with Gasteiger partial charge in [0.25, 0.3) is 0 Å². The molecular weight excluding hydrogens is 465 g/mol. The standard InChI is InChI=1S/C26H22ClF3N2O2/c1-34-18-8-10-24-20(12-18)21(15-31-24)19(13-25(33)32-14-16-5-3-2-4-6-16)17-7-9-23(27)22(11-17)26(28,29)30/h2-12,15,19,31H,13-14H2,1H3,(H,32,33)/t19-/m1/s1. The second-order valence-electron chi connectivity index (χ2n) is 7.91. The van der Waals surface area contributed by atoms with Crippen LogP contribution in [0.2, 0.25) is 5.02 Å². The van der Waals surface area contributed by atoms with E-state index < -0.39 is 17.7 Å². The summed E-state index contributed by atoms with van der Waals surface area (Å²) in [7, 11) is 1.54. The van der Waals surface area contributed by atoms with Crippen molar-refractivity contribution in [2.45, 2.75) is 25.1 Å². The number of fused-ring (bicyclic) bond motifs is 1. The fourth-order valence-corrected chi connectivity index (χ4v) is 4.20. The molecule has 1 aromatic heterocycles. The van der Waals surface area contributed by atoms with Crippen LogP contribution in [-0.4, -0.2) is 18.0 Å².